The molecule has 0 aromatic heterocycles. The van der Waals surface area contributed by atoms with Crippen molar-refractivity contribution in [3.63, 3.8) is 0 Å². The minimum atomic E-state index is -0.115. The molecule has 24 heavy (non-hydrogen) atoms. The Balaban J connectivity index is 1.68. The molecule has 0 radical (unpaired) electrons. The van der Waals surface area contributed by atoms with E-state index < -0.39 is 0 Å². The van der Waals surface area contributed by atoms with Crippen LogP contribution >= 0.6 is 0 Å². The van der Waals surface area contributed by atoms with E-state index in [1.54, 1.807) is 24.1 Å². The third-order valence-corrected chi connectivity index (χ3v) is 4.72. The second-order valence-electron chi connectivity index (χ2n) is 6.23. The molecule has 130 valence electrons. The smallest absolute Gasteiger partial charge is 0.257 e. The number of para-hydroxylation sites is 1. The van der Waals surface area contributed by atoms with Crippen molar-refractivity contribution < 1.29 is 19.1 Å². The van der Waals surface area contributed by atoms with Crippen LogP contribution < -0.4 is 4.74 Å². The zero-order valence-electron chi connectivity index (χ0n) is 14.1. The highest BCUT2D eigenvalue weighted by atomic mass is 16.5. The number of hydrogen-bond donors (Lipinski definition) is 0. The molecular weight excluding hydrogens is 308 g/mol. The lowest BCUT2D eigenvalue weighted by atomic mass is 9.95. The van der Waals surface area contributed by atoms with Crippen LogP contribution in [-0.2, 0) is 9.53 Å². The number of carbonyl (C=O) groups is 2. The number of piperidine rings is 1. The topological polar surface area (TPSA) is 59.1 Å². The maximum Gasteiger partial charge on any atom is 0.257 e. The summed E-state index contributed by atoms with van der Waals surface area (Å²) in [6, 6.07) is 7.23. The van der Waals surface area contributed by atoms with E-state index in [1.807, 2.05) is 17.0 Å². The Morgan fingerprint density at radius 1 is 1.12 bits per heavy atom. The zero-order valence-corrected chi connectivity index (χ0v) is 14.1. The number of amides is 2. The monoisotopic (exact) mass is 332 g/mol. The van der Waals surface area contributed by atoms with Crippen LogP contribution in [0.25, 0.3) is 0 Å². The number of rotatable bonds is 3. The van der Waals surface area contributed by atoms with Crippen LogP contribution in [0, 0.1) is 5.92 Å². The van der Waals surface area contributed by atoms with Crippen LogP contribution in [0.15, 0.2) is 24.3 Å². The first kappa shape index (κ1) is 16.8. The molecule has 2 fully saturated rings. The number of likely N-dealkylation sites (tertiary alicyclic amines) is 1. The van der Waals surface area contributed by atoms with Gasteiger partial charge in [-0.1, -0.05) is 12.1 Å². The van der Waals surface area contributed by atoms with E-state index in [4.69, 9.17) is 9.47 Å². The second-order valence-corrected chi connectivity index (χ2v) is 6.23. The van der Waals surface area contributed by atoms with Gasteiger partial charge in [0.15, 0.2) is 0 Å². The van der Waals surface area contributed by atoms with Gasteiger partial charge in [0.1, 0.15) is 5.75 Å². The fourth-order valence-corrected chi connectivity index (χ4v) is 3.40. The SMILES string of the molecule is COc1ccccc1C(=O)N1CCCC(C(=O)N2CCOCC2)C1. The largest absolute Gasteiger partial charge is 0.496 e. The highest BCUT2D eigenvalue weighted by Crippen LogP contribution is 2.24. The molecule has 1 unspecified atom stereocenters. The molecular formula is C18H24N2O4. The van der Waals surface area contributed by atoms with E-state index >= 15 is 0 Å². The predicted molar refractivity (Wildman–Crippen MR) is 89.0 cm³/mol. The lowest BCUT2D eigenvalue weighted by Crippen LogP contribution is -2.49. The molecule has 1 aromatic carbocycles. The molecule has 0 N–H and O–H groups in total. The zero-order chi connectivity index (χ0) is 16.9. The lowest BCUT2D eigenvalue weighted by molar-refractivity contribution is -0.141. The van der Waals surface area contributed by atoms with Gasteiger partial charge in [-0.3, -0.25) is 9.59 Å². The molecule has 6 nitrogen and oxygen atoms in total. The minimum Gasteiger partial charge on any atom is -0.496 e. The quantitative estimate of drug-likeness (QED) is 0.840. The first-order valence-corrected chi connectivity index (χ1v) is 8.49. The van der Waals surface area contributed by atoms with Crippen molar-refractivity contribution in [2.75, 3.05) is 46.5 Å². The Kier molecular flexibility index (Phi) is 5.35. The first-order chi connectivity index (χ1) is 11.7. The third-order valence-electron chi connectivity index (χ3n) is 4.72. The first-order valence-electron chi connectivity index (χ1n) is 8.49. The van der Waals surface area contributed by atoms with Crippen molar-refractivity contribution in [1.82, 2.24) is 9.80 Å². The number of methoxy groups -OCH3 is 1. The van der Waals surface area contributed by atoms with Gasteiger partial charge < -0.3 is 19.3 Å². The standard InChI is InChI=1S/C18H24N2O4/c1-23-16-7-3-2-6-15(16)18(22)20-8-4-5-14(13-20)17(21)19-9-11-24-12-10-19/h2-3,6-7,14H,4-5,8-13H2,1H3. The van der Waals surface area contributed by atoms with E-state index in [0.29, 0.717) is 50.7 Å². The molecule has 2 heterocycles. The summed E-state index contributed by atoms with van der Waals surface area (Å²) in [6.45, 7) is 3.66. The molecule has 6 heteroatoms. The van der Waals surface area contributed by atoms with Crippen LogP contribution in [0.3, 0.4) is 0 Å². The number of ether oxygens (including phenoxy) is 2. The van der Waals surface area contributed by atoms with Crippen LogP contribution in [-0.4, -0.2) is 68.1 Å². The maximum absolute atomic E-state index is 12.8. The Morgan fingerprint density at radius 3 is 2.62 bits per heavy atom. The average Bonchev–Trinajstić information content (AvgIpc) is 2.67. The summed E-state index contributed by atoms with van der Waals surface area (Å²) in [4.78, 5) is 29.2. The van der Waals surface area contributed by atoms with Gasteiger partial charge in [-0.2, -0.15) is 0 Å². The number of hydrogen-bond acceptors (Lipinski definition) is 4. The van der Waals surface area contributed by atoms with Crippen molar-refractivity contribution in [1.29, 1.82) is 0 Å². The third kappa shape index (κ3) is 3.53. The highest BCUT2D eigenvalue weighted by Gasteiger charge is 2.32. The van der Waals surface area contributed by atoms with Gasteiger partial charge in [0.25, 0.3) is 5.91 Å². The average molecular weight is 332 g/mol. The van der Waals surface area contributed by atoms with Gasteiger partial charge in [0.2, 0.25) is 5.91 Å². The van der Waals surface area contributed by atoms with Gasteiger partial charge in [0.05, 0.1) is 31.8 Å². The number of carbonyl (C=O) groups excluding carboxylic acids is 2. The molecule has 3 rings (SSSR count). The van der Waals surface area contributed by atoms with Gasteiger partial charge >= 0.3 is 0 Å². The van der Waals surface area contributed by atoms with Crippen LogP contribution in [0.2, 0.25) is 0 Å². The summed E-state index contributed by atoms with van der Waals surface area (Å²) >= 11 is 0. The normalized spacial score (nSPS) is 21.5. The summed E-state index contributed by atoms with van der Waals surface area (Å²) in [7, 11) is 1.56. The van der Waals surface area contributed by atoms with Crippen molar-refractivity contribution in [2.45, 2.75) is 12.8 Å². The van der Waals surface area contributed by atoms with Crippen molar-refractivity contribution >= 4 is 11.8 Å². The molecule has 2 saturated heterocycles. The van der Waals surface area contributed by atoms with E-state index in [2.05, 4.69) is 0 Å². The van der Waals surface area contributed by atoms with E-state index in [-0.39, 0.29) is 17.7 Å². The lowest BCUT2D eigenvalue weighted by Gasteiger charge is -2.36. The summed E-state index contributed by atoms with van der Waals surface area (Å²) in [6.07, 6.45) is 1.69. The fraction of sp³-hybridized carbons (Fsp3) is 0.556. The Hall–Kier alpha value is -2.08. The molecule has 1 atom stereocenters. The Bertz CT molecular complexity index is 598. The summed E-state index contributed by atoms with van der Waals surface area (Å²) in [5, 5.41) is 0. The molecule has 0 spiro atoms. The van der Waals surface area contributed by atoms with Crippen LogP contribution in [0.1, 0.15) is 23.2 Å². The Labute approximate surface area is 142 Å². The molecule has 1 aromatic rings. The molecule has 2 aliphatic rings. The minimum absolute atomic E-state index is 0.0630. The summed E-state index contributed by atoms with van der Waals surface area (Å²) < 4.78 is 10.6. The summed E-state index contributed by atoms with van der Waals surface area (Å²) in [5.74, 6) is 0.544. The van der Waals surface area contributed by atoms with Crippen molar-refractivity contribution in [3.8, 4) is 5.75 Å². The van der Waals surface area contributed by atoms with E-state index in [9.17, 15) is 9.59 Å². The van der Waals surface area contributed by atoms with Gasteiger partial charge in [0, 0.05) is 26.2 Å². The molecule has 0 aliphatic carbocycles. The van der Waals surface area contributed by atoms with E-state index in [0.717, 1.165) is 12.8 Å². The predicted octanol–water partition coefficient (Wildman–Crippen LogP) is 1.41. The van der Waals surface area contributed by atoms with Gasteiger partial charge in [-0.05, 0) is 25.0 Å². The van der Waals surface area contributed by atoms with Gasteiger partial charge in [-0.25, -0.2) is 0 Å². The van der Waals surface area contributed by atoms with Crippen molar-refractivity contribution in [2.24, 2.45) is 5.92 Å². The maximum atomic E-state index is 12.8. The number of benzene rings is 1. The van der Waals surface area contributed by atoms with Crippen LogP contribution in [0.5, 0.6) is 5.75 Å². The molecule has 2 aliphatic heterocycles. The van der Waals surface area contributed by atoms with E-state index in [1.165, 1.54) is 0 Å². The fourth-order valence-electron chi connectivity index (χ4n) is 3.40. The number of nitrogens with zero attached hydrogens (tertiary/aromatic N) is 2. The summed E-state index contributed by atoms with van der Waals surface area (Å²) in [5.41, 5.74) is 0.555. The molecule has 0 saturated carbocycles. The second kappa shape index (κ2) is 7.66. The van der Waals surface area contributed by atoms with Gasteiger partial charge in [-0.15, -0.1) is 0 Å². The highest BCUT2D eigenvalue weighted by molar-refractivity contribution is 5.97. The van der Waals surface area contributed by atoms with Crippen LogP contribution in [0.4, 0.5) is 0 Å². The Morgan fingerprint density at radius 2 is 1.88 bits per heavy atom. The molecule has 0 bridgehead atoms. The molecule has 2 amide bonds. The number of morpholine rings is 1. The van der Waals surface area contributed by atoms with Crippen molar-refractivity contribution in [3.05, 3.63) is 29.8 Å².